The first kappa shape index (κ1) is 14.9. The van der Waals surface area contributed by atoms with E-state index in [1.54, 1.807) is 0 Å². The van der Waals surface area contributed by atoms with E-state index in [1.807, 2.05) is 6.92 Å². The molecule has 0 aliphatic carbocycles. The van der Waals surface area contributed by atoms with E-state index in [2.05, 4.69) is 17.4 Å². The van der Waals surface area contributed by atoms with Crippen molar-refractivity contribution in [1.29, 1.82) is 0 Å². The maximum absolute atomic E-state index is 6.01. The van der Waals surface area contributed by atoms with Gasteiger partial charge in [-0.15, -0.1) is 0 Å². The second-order valence-corrected chi connectivity index (χ2v) is 6.27. The summed E-state index contributed by atoms with van der Waals surface area (Å²) in [6, 6.07) is 0. The van der Waals surface area contributed by atoms with Gasteiger partial charge in [-0.2, -0.15) is 4.98 Å². The minimum absolute atomic E-state index is 0.0188. The van der Waals surface area contributed by atoms with Crippen LogP contribution in [0.5, 0.6) is 0 Å². The highest BCUT2D eigenvalue weighted by Crippen LogP contribution is 2.37. The molecule has 0 unspecified atom stereocenters. The fourth-order valence-corrected chi connectivity index (χ4v) is 3.26. The summed E-state index contributed by atoms with van der Waals surface area (Å²) in [7, 11) is 0. The van der Waals surface area contributed by atoms with E-state index < -0.39 is 5.60 Å². The topological polar surface area (TPSA) is 69.4 Å². The van der Waals surface area contributed by atoms with Crippen molar-refractivity contribution in [3.8, 4) is 0 Å². The van der Waals surface area contributed by atoms with Crippen molar-refractivity contribution in [2.24, 2.45) is 0 Å². The second kappa shape index (κ2) is 6.02. The first-order chi connectivity index (χ1) is 10.2. The summed E-state index contributed by atoms with van der Waals surface area (Å²) in [6.45, 7) is 8.23. The van der Waals surface area contributed by atoms with Gasteiger partial charge in [0.15, 0.2) is 0 Å². The quantitative estimate of drug-likeness (QED) is 0.912. The molecule has 0 spiro atoms. The van der Waals surface area contributed by atoms with Crippen LogP contribution in [-0.2, 0) is 20.5 Å². The molecule has 2 fully saturated rings. The van der Waals surface area contributed by atoms with Gasteiger partial charge in [0.25, 0.3) is 0 Å². The molecule has 2 saturated heterocycles. The van der Waals surface area contributed by atoms with Crippen molar-refractivity contribution in [1.82, 2.24) is 15.5 Å². The number of aromatic nitrogens is 2. The summed E-state index contributed by atoms with van der Waals surface area (Å²) in [6.07, 6.45) is 3.63. The smallest absolute Gasteiger partial charge is 0.232 e. The number of piperidine rings is 1. The molecule has 3 heterocycles. The molecular formula is C15H25N3O3. The van der Waals surface area contributed by atoms with E-state index in [1.165, 1.54) is 0 Å². The molecule has 1 aromatic heterocycles. The lowest BCUT2D eigenvalue weighted by atomic mass is 9.81. The van der Waals surface area contributed by atoms with Crippen molar-refractivity contribution in [3.63, 3.8) is 0 Å². The summed E-state index contributed by atoms with van der Waals surface area (Å²) >= 11 is 0. The van der Waals surface area contributed by atoms with Gasteiger partial charge in [0.2, 0.25) is 11.7 Å². The van der Waals surface area contributed by atoms with Gasteiger partial charge in [-0.1, -0.05) is 12.1 Å². The zero-order valence-corrected chi connectivity index (χ0v) is 13.0. The Morgan fingerprint density at radius 3 is 2.57 bits per heavy atom. The maximum atomic E-state index is 6.01. The molecule has 0 radical (unpaired) electrons. The van der Waals surface area contributed by atoms with Crippen molar-refractivity contribution in [3.05, 3.63) is 11.7 Å². The van der Waals surface area contributed by atoms with E-state index in [0.29, 0.717) is 25.6 Å². The highest BCUT2D eigenvalue weighted by atomic mass is 16.5. The molecule has 2 aliphatic rings. The summed E-state index contributed by atoms with van der Waals surface area (Å²) in [5.41, 5.74) is -0.451. The summed E-state index contributed by atoms with van der Waals surface area (Å²) in [5.74, 6) is 1.45. The number of ether oxygens (including phenoxy) is 2. The number of hydrogen-bond donors (Lipinski definition) is 1. The average Bonchev–Trinajstić information content (AvgIpc) is 3.01. The minimum Gasteiger partial charge on any atom is -0.381 e. The fraction of sp³-hybridized carbons (Fsp3) is 0.867. The summed E-state index contributed by atoms with van der Waals surface area (Å²) < 4.78 is 17.1. The lowest BCUT2D eigenvalue weighted by Crippen LogP contribution is -2.39. The van der Waals surface area contributed by atoms with Gasteiger partial charge >= 0.3 is 0 Å². The first-order valence-corrected chi connectivity index (χ1v) is 7.96. The molecule has 3 rings (SSSR count). The standard InChI is InChI=1S/C15H25N3O3/c1-3-20-15(6-10-19-11-7-15)12-17-13(21-18-12)14(2)4-8-16-9-5-14/h16H,3-11H2,1-2H3. The molecule has 0 amide bonds. The minimum atomic E-state index is -0.433. The first-order valence-electron chi connectivity index (χ1n) is 7.96. The van der Waals surface area contributed by atoms with Crippen LogP contribution in [0.1, 0.15) is 51.2 Å². The molecule has 0 aromatic carbocycles. The van der Waals surface area contributed by atoms with E-state index in [4.69, 9.17) is 19.0 Å². The molecule has 0 saturated carbocycles. The molecule has 21 heavy (non-hydrogen) atoms. The van der Waals surface area contributed by atoms with E-state index >= 15 is 0 Å². The Labute approximate surface area is 125 Å². The highest BCUT2D eigenvalue weighted by Gasteiger charge is 2.42. The van der Waals surface area contributed by atoms with Gasteiger partial charge in [0, 0.05) is 38.1 Å². The third kappa shape index (κ3) is 2.84. The number of rotatable bonds is 4. The maximum Gasteiger partial charge on any atom is 0.232 e. The predicted octanol–water partition coefficient (Wildman–Crippen LogP) is 1.75. The number of nitrogens with one attached hydrogen (secondary N) is 1. The Bertz CT molecular complexity index is 457. The lowest BCUT2D eigenvalue weighted by Gasteiger charge is -2.34. The zero-order chi connectivity index (χ0) is 14.8. The third-order valence-electron chi connectivity index (χ3n) is 4.78. The van der Waals surface area contributed by atoms with Crippen molar-refractivity contribution >= 4 is 0 Å². The lowest BCUT2D eigenvalue weighted by molar-refractivity contribution is -0.118. The van der Waals surface area contributed by atoms with Gasteiger partial charge in [0.1, 0.15) is 5.60 Å². The molecule has 118 valence electrons. The van der Waals surface area contributed by atoms with Gasteiger partial charge in [-0.25, -0.2) is 0 Å². The van der Waals surface area contributed by atoms with E-state index in [0.717, 1.165) is 44.7 Å². The highest BCUT2D eigenvalue weighted by molar-refractivity contribution is 5.10. The van der Waals surface area contributed by atoms with Crippen LogP contribution in [0.3, 0.4) is 0 Å². The Morgan fingerprint density at radius 1 is 1.19 bits per heavy atom. The SMILES string of the molecule is CCOC1(c2noc(C3(C)CCNCC3)n2)CCOCC1. The largest absolute Gasteiger partial charge is 0.381 e. The van der Waals surface area contributed by atoms with Gasteiger partial charge in [-0.3, -0.25) is 0 Å². The van der Waals surface area contributed by atoms with Crippen LogP contribution in [0.2, 0.25) is 0 Å². The van der Waals surface area contributed by atoms with Crippen molar-refractivity contribution in [2.45, 2.75) is 50.5 Å². The molecule has 2 aliphatic heterocycles. The Hall–Kier alpha value is -0.980. The van der Waals surface area contributed by atoms with Gasteiger partial charge < -0.3 is 19.3 Å². The van der Waals surface area contributed by atoms with Crippen LogP contribution in [0, 0.1) is 0 Å². The Morgan fingerprint density at radius 2 is 1.90 bits per heavy atom. The van der Waals surface area contributed by atoms with Crippen molar-refractivity contribution < 1.29 is 14.0 Å². The van der Waals surface area contributed by atoms with Crippen LogP contribution in [0.15, 0.2) is 4.52 Å². The molecule has 0 bridgehead atoms. The van der Waals surface area contributed by atoms with Crippen LogP contribution < -0.4 is 5.32 Å². The normalized spacial score (nSPS) is 24.9. The molecule has 1 aromatic rings. The average molecular weight is 295 g/mol. The second-order valence-electron chi connectivity index (χ2n) is 6.27. The molecule has 6 heteroatoms. The van der Waals surface area contributed by atoms with Crippen molar-refractivity contribution in [2.75, 3.05) is 32.9 Å². The Balaban J connectivity index is 1.85. The van der Waals surface area contributed by atoms with Gasteiger partial charge in [0.05, 0.1) is 0 Å². The van der Waals surface area contributed by atoms with Crippen LogP contribution in [0.25, 0.3) is 0 Å². The van der Waals surface area contributed by atoms with Crippen LogP contribution in [-0.4, -0.2) is 43.1 Å². The Kier molecular flexibility index (Phi) is 4.28. The predicted molar refractivity (Wildman–Crippen MR) is 77.1 cm³/mol. The number of hydrogen-bond acceptors (Lipinski definition) is 6. The molecule has 0 atom stereocenters. The van der Waals surface area contributed by atoms with Crippen LogP contribution in [0.4, 0.5) is 0 Å². The molecule has 6 nitrogen and oxygen atoms in total. The zero-order valence-electron chi connectivity index (χ0n) is 13.0. The summed E-state index contributed by atoms with van der Waals surface area (Å²) in [5, 5.41) is 7.64. The molecular weight excluding hydrogens is 270 g/mol. The monoisotopic (exact) mass is 295 g/mol. The van der Waals surface area contributed by atoms with E-state index in [9.17, 15) is 0 Å². The van der Waals surface area contributed by atoms with Crippen LogP contribution >= 0.6 is 0 Å². The number of nitrogens with zero attached hydrogens (tertiary/aromatic N) is 2. The van der Waals surface area contributed by atoms with Gasteiger partial charge in [-0.05, 0) is 32.9 Å². The fourth-order valence-electron chi connectivity index (χ4n) is 3.26. The molecule has 1 N–H and O–H groups in total. The summed E-state index contributed by atoms with van der Waals surface area (Å²) in [4.78, 5) is 4.73. The third-order valence-corrected chi connectivity index (χ3v) is 4.78. The van der Waals surface area contributed by atoms with E-state index in [-0.39, 0.29) is 5.41 Å².